The van der Waals surface area contributed by atoms with Gasteiger partial charge in [0.25, 0.3) is 5.91 Å². The number of aliphatic hydroxyl groups is 1. The smallest absolute Gasteiger partial charge is 0.253 e. The van der Waals surface area contributed by atoms with Gasteiger partial charge >= 0.3 is 0 Å². The van der Waals surface area contributed by atoms with Gasteiger partial charge in [0.1, 0.15) is 12.1 Å². The Kier molecular flexibility index (Phi) is 5.92. The fourth-order valence-corrected chi connectivity index (χ4v) is 5.05. The molecule has 0 saturated heterocycles. The zero-order chi connectivity index (χ0) is 23.7. The van der Waals surface area contributed by atoms with Crippen LogP contribution in [0, 0.1) is 11.2 Å². The van der Waals surface area contributed by atoms with Crippen LogP contribution in [-0.4, -0.2) is 34.5 Å². The van der Waals surface area contributed by atoms with Crippen molar-refractivity contribution in [3.63, 3.8) is 0 Å². The molecule has 0 atom stereocenters. The Hall–Kier alpha value is -3.51. The van der Waals surface area contributed by atoms with E-state index in [0.717, 1.165) is 22.6 Å². The summed E-state index contributed by atoms with van der Waals surface area (Å²) in [6.07, 6.45) is 4.97. The number of hydrogen-bond acceptors (Lipinski definition) is 3. The van der Waals surface area contributed by atoms with E-state index in [4.69, 9.17) is 0 Å². The van der Waals surface area contributed by atoms with Crippen molar-refractivity contribution < 1.29 is 19.1 Å². The van der Waals surface area contributed by atoms with Crippen LogP contribution < -0.4 is 5.32 Å². The highest BCUT2D eigenvalue weighted by Crippen LogP contribution is 2.34. The van der Waals surface area contributed by atoms with E-state index in [1.165, 1.54) is 12.1 Å². The molecule has 1 aliphatic carbocycles. The Morgan fingerprint density at radius 3 is 2.59 bits per heavy atom. The fraction of sp³-hybridized carbons (Fsp3) is 0.286. The highest BCUT2D eigenvalue weighted by Gasteiger charge is 2.35. The molecular weight excluding hydrogens is 431 g/mol. The number of aliphatic hydroxyl groups excluding tert-OH is 1. The molecule has 5 rings (SSSR count). The number of halogens is 1. The summed E-state index contributed by atoms with van der Waals surface area (Å²) in [7, 11) is 0. The molecule has 3 aromatic carbocycles. The number of nitrogens with one attached hydrogen (secondary N) is 1. The van der Waals surface area contributed by atoms with Crippen LogP contribution >= 0.6 is 0 Å². The molecule has 0 spiro atoms. The summed E-state index contributed by atoms with van der Waals surface area (Å²) in [6, 6.07) is 18.9. The highest BCUT2D eigenvalue weighted by molar-refractivity contribution is 6.06. The highest BCUT2D eigenvalue weighted by atomic mass is 19.1. The molecule has 34 heavy (non-hydrogen) atoms. The molecule has 0 bridgehead atoms. The van der Waals surface area contributed by atoms with Crippen molar-refractivity contribution in [1.82, 2.24) is 9.88 Å². The number of carbonyl (C=O) groups is 2. The molecule has 4 aromatic rings. The van der Waals surface area contributed by atoms with Gasteiger partial charge in [-0.25, -0.2) is 4.39 Å². The summed E-state index contributed by atoms with van der Waals surface area (Å²) < 4.78 is 16.5. The Labute approximate surface area is 197 Å². The van der Waals surface area contributed by atoms with Gasteiger partial charge in [-0.3, -0.25) is 4.79 Å². The second kappa shape index (κ2) is 9.03. The molecule has 5 nitrogen and oxygen atoms in total. The number of aldehydes is 1. The molecule has 1 saturated carbocycles. The van der Waals surface area contributed by atoms with Crippen LogP contribution in [-0.2, 0) is 11.3 Å². The maximum atomic E-state index is 14.6. The van der Waals surface area contributed by atoms with E-state index in [9.17, 15) is 19.1 Å². The van der Waals surface area contributed by atoms with Crippen LogP contribution in [0.2, 0.25) is 0 Å². The van der Waals surface area contributed by atoms with Gasteiger partial charge in [-0.1, -0.05) is 36.4 Å². The molecule has 1 aromatic heterocycles. The minimum atomic E-state index is -0.696. The molecule has 0 unspecified atom stereocenters. The van der Waals surface area contributed by atoms with Gasteiger partial charge in [-0.2, -0.15) is 0 Å². The zero-order valence-electron chi connectivity index (χ0n) is 18.8. The Morgan fingerprint density at radius 2 is 1.85 bits per heavy atom. The molecule has 174 valence electrons. The lowest BCUT2D eigenvalue weighted by atomic mass is 9.74. The number of fused-ring (bicyclic) bond motifs is 2. The van der Waals surface area contributed by atoms with Crippen molar-refractivity contribution in [3.8, 4) is 0 Å². The van der Waals surface area contributed by atoms with Gasteiger partial charge in [0.15, 0.2) is 0 Å². The molecule has 1 amide bonds. The van der Waals surface area contributed by atoms with Crippen LogP contribution in [0.15, 0.2) is 66.9 Å². The lowest BCUT2D eigenvalue weighted by molar-refractivity contribution is -0.120. The van der Waals surface area contributed by atoms with E-state index in [1.807, 2.05) is 22.9 Å². The van der Waals surface area contributed by atoms with E-state index in [0.29, 0.717) is 48.7 Å². The molecule has 2 N–H and O–H groups in total. The average molecular weight is 459 g/mol. The lowest BCUT2D eigenvalue weighted by Gasteiger charge is -2.34. The Bertz CT molecular complexity index is 1370. The van der Waals surface area contributed by atoms with Crippen molar-refractivity contribution in [1.29, 1.82) is 0 Å². The minimum Gasteiger partial charge on any atom is -0.395 e. The topological polar surface area (TPSA) is 71.3 Å². The van der Waals surface area contributed by atoms with Gasteiger partial charge in [0.2, 0.25) is 0 Å². The van der Waals surface area contributed by atoms with Crippen LogP contribution in [0.4, 0.5) is 4.39 Å². The fourth-order valence-electron chi connectivity index (χ4n) is 5.05. The monoisotopic (exact) mass is 458 g/mol. The molecule has 1 fully saturated rings. The number of hydrogen-bond donors (Lipinski definition) is 2. The summed E-state index contributed by atoms with van der Waals surface area (Å²) in [5, 5.41) is 15.3. The predicted octanol–water partition coefficient (Wildman–Crippen LogP) is 4.83. The van der Waals surface area contributed by atoms with Crippen LogP contribution in [0.1, 0.15) is 41.6 Å². The van der Waals surface area contributed by atoms with Gasteiger partial charge in [-0.05, 0) is 66.3 Å². The van der Waals surface area contributed by atoms with Gasteiger partial charge < -0.3 is 19.8 Å². The first-order chi connectivity index (χ1) is 16.5. The molecule has 1 heterocycles. The maximum absolute atomic E-state index is 14.6. The lowest BCUT2D eigenvalue weighted by Crippen LogP contribution is -2.42. The predicted molar refractivity (Wildman–Crippen MR) is 130 cm³/mol. The number of rotatable bonds is 6. The number of benzene rings is 3. The van der Waals surface area contributed by atoms with Crippen molar-refractivity contribution in [2.75, 3.05) is 6.61 Å². The molecule has 6 heteroatoms. The summed E-state index contributed by atoms with van der Waals surface area (Å²) in [4.78, 5) is 24.6. The summed E-state index contributed by atoms with van der Waals surface area (Å²) in [6.45, 7) is 0.345. The second-order valence-corrected chi connectivity index (χ2v) is 9.37. The van der Waals surface area contributed by atoms with E-state index in [2.05, 4.69) is 35.6 Å². The molecule has 0 radical (unpaired) electrons. The number of amides is 1. The van der Waals surface area contributed by atoms with Crippen molar-refractivity contribution in [3.05, 3.63) is 83.8 Å². The molecule has 1 aliphatic rings. The molecular formula is C28H27FN2O3. The summed E-state index contributed by atoms with van der Waals surface area (Å²) in [5.41, 5.74) is 1.36. The standard InChI is InChI=1S/C28H27FN2O3/c29-25-8-7-24(27(34)30-22-9-12-28(17-32,18-33)13-10-22)26-23(25)11-14-31(26)16-19-5-6-20-3-1-2-4-21(20)15-19/h1-8,11,14-15,17,22,33H,9-10,12-13,16,18H2,(H,30,34). The first-order valence-corrected chi connectivity index (χ1v) is 11.6. The average Bonchev–Trinajstić information content (AvgIpc) is 3.29. The van der Waals surface area contributed by atoms with Crippen molar-refractivity contribution >= 4 is 33.9 Å². The number of nitrogens with zero attached hydrogens (tertiary/aromatic N) is 1. The van der Waals surface area contributed by atoms with Crippen molar-refractivity contribution in [2.24, 2.45) is 5.41 Å². The van der Waals surface area contributed by atoms with Gasteiger partial charge in [-0.15, -0.1) is 0 Å². The van der Waals surface area contributed by atoms with Gasteiger partial charge in [0.05, 0.1) is 17.7 Å². The second-order valence-electron chi connectivity index (χ2n) is 9.37. The van der Waals surface area contributed by atoms with E-state index in [1.54, 1.807) is 6.07 Å². The van der Waals surface area contributed by atoms with Crippen LogP contribution in [0.25, 0.3) is 21.7 Å². The third kappa shape index (κ3) is 4.10. The van der Waals surface area contributed by atoms with E-state index >= 15 is 0 Å². The van der Waals surface area contributed by atoms with E-state index < -0.39 is 5.41 Å². The quantitative estimate of drug-likeness (QED) is 0.407. The van der Waals surface area contributed by atoms with Crippen molar-refractivity contribution in [2.45, 2.75) is 38.3 Å². The number of aromatic nitrogens is 1. The van der Waals surface area contributed by atoms with E-state index in [-0.39, 0.29) is 24.4 Å². The van der Waals surface area contributed by atoms with Gasteiger partial charge in [0, 0.05) is 29.6 Å². The van der Waals surface area contributed by atoms with Crippen LogP contribution in [0.3, 0.4) is 0 Å². The minimum absolute atomic E-state index is 0.0869. The molecule has 0 aliphatic heterocycles. The SMILES string of the molecule is O=CC1(CO)CCC(NC(=O)c2ccc(F)c3ccn(Cc4ccc5ccccc5c4)c23)CC1. The van der Waals surface area contributed by atoms with Crippen LogP contribution in [0.5, 0.6) is 0 Å². The normalized spacial score (nSPS) is 20.5. The third-order valence-corrected chi connectivity index (χ3v) is 7.17. The first kappa shape index (κ1) is 22.3. The number of carbonyl (C=O) groups excluding carboxylic acids is 2. The Morgan fingerprint density at radius 1 is 1.09 bits per heavy atom. The summed E-state index contributed by atoms with van der Waals surface area (Å²) >= 11 is 0. The summed E-state index contributed by atoms with van der Waals surface area (Å²) in [5.74, 6) is -0.615. The zero-order valence-corrected chi connectivity index (χ0v) is 18.8. The first-order valence-electron chi connectivity index (χ1n) is 11.6. The third-order valence-electron chi connectivity index (χ3n) is 7.17. The largest absolute Gasteiger partial charge is 0.395 e. The maximum Gasteiger partial charge on any atom is 0.253 e. The Balaban J connectivity index is 1.41.